The van der Waals surface area contributed by atoms with Crippen LogP contribution in [0.5, 0.6) is 5.75 Å². The van der Waals surface area contributed by atoms with Crippen molar-refractivity contribution in [2.75, 3.05) is 17.5 Å². The minimum atomic E-state index is -3.38. The van der Waals surface area contributed by atoms with E-state index in [1.165, 1.54) is 0 Å². The van der Waals surface area contributed by atoms with Gasteiger partial charge < -0.3 is 10.1 Å². The van der Waals surface area contributed by atoms with E-state index >= 15 is 0 Å². The SMILES string of the molecule is CCS(=O)(=O)Nc1cc2c(cc1Br)CC(I)(C(=O)NC)O2. The normalized spacial score (nSPS) is 20.6. The lowest BCUT2D eigenvalue weighted by Gasteiger charge is -2.19. The Labute approximate surface area is 145 Å². The monoisotopic (exact) mass is 488 g/mol. The number of carbonyl (C=O) groups excluding carboxylic acids is 1. The summed E-state index contributed by atoms with van der Waals surface area (Å²) in [5, 5.41) is 2.56. The maximum Gasteiger partial charge on any atom is 0.274 e. The number of anilines is 1. The van der Waals surface area contributed by atoms with Gasteiger partial charge in [-0.2, -0.15) is 0 Å². The number of rotatable bonds is 4. The molecule has 1 heterocycles. The fraction of sp³-hybridized carbons (Fsp3) is 0.417. The standard InChI is InChI=1S/C12H14BrIN2O4S/c1-3-21(18,19)16-9-5-10-7(4-8(9)13)6-12(14,20-10)11(17)15-2/h4-5,16H,3,6H2,1-2H3,(H,15,17). The summed E-state index contributed by atoms with van der Waals surface area (Å²) in [6.45, 7) is 1.56. The molecule has 1 amide bonds. The Morgan fingerprint density at radius 3 is 2.76 bits per heavy atom. The van der Waals surface area contributed by atoms with Gasteiger partial charge in [0.05, 0.1) is 11.4 Å². The number of fused-ring (bicyclic) bond motifs is 1. The molecule has 1 aromatic rings. The molecule has 0 saturated carbocycles. The first-order valence-corrected chi connectivity index (χ1v) is 9.66. The predicted molar refractivity (Wildman–Crippen MR) is 92.4 cm³/mol. The highest BCUT2D eigenvalue weighted by molar-refractivity contribution is 14.1. The molecule has 116 valence electrons. The van der Waals surface area contributed by atoms with Crippen LogP contribution in [0.3, 0.4) is 0 Å². The van der Waals surface area contributed by atoms with Gasteiger partial charge in [-0.1, -0.05) is 0 Å². The number of halogens is 2. The number of benzene rings is 1. The summed E-state index contributed by atoms with van der Waals surface area (Å²) in [6, 6.07) is 3.36. The van der Waals surface area contributed by atoms with E-state index in [1.54, 1.807) is 26.1 Å². The van der Waals surface area contributed by atoms with Crippen LogP contribution < -0.4 is 14.8 Å². The van der Waals surface area contributed by atoms with E-state index in [0.717, 1.165) is 5.56 Å². The first-order valence-electron chi connectivity index (χ1n) is 6.14. The highest BCUT2D eigenvalue weighted by atomic mass is 127. The summed E-state index contributed by atoms with van der Waals surface area (Å²) >= 11 is 5.30. The second-order valence-corrected chi connectivity index (χ2v) is 9.14. The zero-order valence-electron chi connectivity index (χ0n) is 11.4. The average Bonchev–Trinajstić information content (AvgIpc) is 2.74. The number of ether oxygens (including phenoxy) is 1. The summed E-state index contributed by atoms with van der Waals surface area (Å²) in [7, 11) is -1.83. The predicted octanol–water partition coefficient (Wildman–Crippen LogP) is 2.02. The fourth-order valence-corrected chi connectivity index (χ4v) is 4.10. The highest BCUT2D eigenvalue weighted by Crippen LogP contribution is 2.43. The summed E-state index contributed by atoms with van der Waals surface area (Å²) in [4.78, 5) is 11.9. The molecule has 1 atom stereocenters. The number of hydrogen-bond acceptors (Lipinski definition) is 4. The number of amides is 1. The van der Waals surface area contributed by atoms with Gasteiger partial charge in [0.1, 0.15) is 5.75 Å². The van der Waals surface area contributed by atoms with Crippen molar-refractivity contribution < 1.29 is 17.9 Å². The minimum absolute atomic E-state index is 0.0220. The molecule has 0 radical (unpaired) electrons. The smallest absolute Gasteiger partial charge is 0.274 e. The topological polar surface area (TPSA) is 84.5 Å². The molecule has 9 heteroatoms. The number of sulfonamides is 1. The summed E-state index contributed by atoms with van der Waals surface area (Å²) in [5.74, 6) is 0.252. The van der Waals surface area contributed by atoms with Crippen molar-refractivity contribution >= 4 is 60.1 Å². The average molecular weight is 489 g/mol. The third kappa shape index (κ3) is 3.45. The molecular formula is C12H14BrIN2O4S. The van der Waals surface area contributed by atoms with Gasteiger partial charge in [0, 0.05) is 29.6 Å². The van der Waals surface area contributed by atoms with Gasteiger partial charge in [-0.05, 0) is 51.5 Å². The van der Waals surface area contributed by atoms with E-state index in [0.29, 0.717) is 22.3 Å². The number of nitrogens with one attached hydrogen (secondary N) is 2. The first kappa shape index (κ1) is 16.8. The molecule has 2 rings (SSSR count). The van der Waals surface area contributed by atoms with Crippen LogP contribution in [0, 0.1) is 0 Å². The van der Waals surface area contributed by atoms with Gasteiger partial charge >= 0.3 is 0 Å². The molecular weight excluding hydrogens is 475 g/mol. The number of alkyl halides is 1. The van der Waals surface area contributed by atoms with Gasteiger partial charge in [-0.25, -0.2) is 8.42 Å². The number of likely N-dealkylation sites (N-methyl/N-ethyl adjacent to an activating group) is 1. The van der Waals surface area contributed by atoms with Crippen LogP contribution in [-0.4, -0.2) is 30.7 Å². The molecule has 0 bridgehead atoms. The fourth-order valence-electron chi connectivity index (χ4n) is 1.91. The van der Waals surface area contributed by atoms with Gasteiger partial charge in [0.2, 0.25) is 13.6 Å². The first-order chi connectivity index (χ1) is 9.70. The van der Waals surface area contributed by atoms with Gasteiger partial charge in [0.15, 0.2) is 0 Å². The molecule has 1 aliphatic heterocycles. The van der Waals surface area contributed by atoms with E-state index in [-0.39, 0.29) is 11.7 Å². The van der Waals surface area contributed by atoms with Crippen molar-refractivity contribution in [3.63, 3.8) is 0 Å². The summed E-state index contributed by atoms with van der Waals surface area (Å²) in [5.41, 5.74) is 1.24. The van der Waals surface area contributed by atoms with Gasteiger partial charge in [-0.15, -0.1) is 0 Å². The summed E-state index contributed by atoms with van der Waals surface area (Å²) in [6.07, 6.45) is 0.419. The quantitative estimate of drug-likeness (QED) is 0.501. The van der Waals surface area contributed by atoms with E-state index in [4.69, 9.17) is 4.74 Å². The van der Waals surface area contributed by atoms with Crippen LogP contribution in [0.1, 0.15) is 12.5 Å². The molecule has 0 aromatic heterocycles. The molecule has 0 fully saturated rings. The van der Waals surface area contributed by atoms with E-state index in [9.17, 15) is 13.2 Å². The van der Waals surface area contributed by atoms with Crippen LogP contribution in [0.4, 0.5) is 5.69 Å². The second kappa shape index (κ2) is 5.92. The van der Waals surface area contributed by atoms with Crippen molar-refractivity contribution in [3.05, 3.63) is 22.2 Å². The largest absolute Gasteiger partial charge is 0.466 e. The molecule has 1 unspecified atom stereocenters. The maximum absolute atomic E-state index is 11.9. The number of hydrogen-bond donors (Lipinski definition) is 2. The van der Waals surface area contributed by atoms with Crippen molar-refractivity contribution in [2.45, 2.75) is 17.0 Å². The van der Waals surface area contributed by atoms with Crippen molar-refractivity contribution in [1.29, 1.82) is 0 Å². The lowest BCUT2D eigenvalue weighted by molar-refractivity contribution is -0.127. The van der Waals surface area contributed by atoms with Crippen molar-refractivity contribution in [2.24, 2.45) is 0 Å². The lowest BCUT2D eigenvalue weighted by Crippen LogP contribution is -2.43. The van der Waals surface area contributed by atoms with Crippen LogP contribution in [0.15, 0.2) is 16.6 Å². The molecule has 0 saturated heterocycles. The van der Waals surface area contributed by atoms with E-state index in [2.05, 4.69) is 26.0 Å². The maximum atomic E-state index is 11.9. The van der Waals surface area contributed by atoms with Crippen LogP contribution >= 0.6 is 38.5 Å². The second-order valence-electron chi connectivity index (χ2n) is 4.53. The lowest BCUT2D eigenvalue weighted by atomic mass is 10.1. The number of carbonyl (C=O) groups is 1. The van der Waals surface area contributed by atoms with Crippen LogP contribution in [-0.2, 0) is 21.2 Å². The Bertz CT molecular complexity index is 695. The third-order valence-corrected chi connectivity index (χ3v) is 6.09. The molecule has 1 aliphatic rings. The molecule has 0 aliphatic carbocycles. The molecule has 1 aromatic carbocycles. The zero-order valence-corrected chi connectivity index (χ0v) is 15.9. The van der Waals surface area contributed by atoms with Gasteiger partial charge in [-0.3, -0.25) is 9.52 Å². The Balaban J connectivity index is 2.35. The molecule has 2 N–H and O–H groups in total. The molecule has 0 spiro atoms. The third-order valence-electron chi connectivity index (χ3n) is 3.05. The van der Waals surface area contributed by atoms with Gasteiger partial charge in [0.25, 0.3) is 5.91 Å². The summed E-state index contributed by atoms with van der Waals surface area (Å²) < 4.78 is 31.1. The molecule has 6 nitrogen and oxygen atoms in total. The Hall–Kier alpha value is -0.550. The Morgan fingerprint density at radius 1 is 1.52 bits per heavy atom. The van der Waals surface area contributed by atoms with Crippen molar-refractivity contribution in [3.8, 4) is 5.75 Å². The van der Waals surface area contributed by atoms with Crippen LogP contribution in [0.2, 0.25) is 0 Å². The highest BCUT2D eigenvalue weighted by Gasteiger charge is 2.43. The van der Waals surface area contributed by atoms with Crippen LogP contribution in [0.25, 0.3) is 0 Å². The minimum Gasteiger partial charge on any atom is -0.466 e. The Morgan fingerprint density at radius 2 is 2.19 bits per heavy atom. The zero-order chi connectivity index (χ0) is 15.8. The molecule has 21 heavy (non-hydrogen) atoms. The van der Waals surface area contributed by atoms with E-state index in [1.807, 2.05) is 22.6 Å². The Kier molecular flexibility index (Phi) is 4.74. The van der Waals surface area contributed by atoms with E-state index < -0.39 is 13.6 Å². The van der Waals surface area contributed by atoms with Crippen molar-refractivity contribution in [1.82, 2.24) is 5.32 Å².